The van der Waals surface area contributed by atoms with Crippen LogP contribution in [-0.4, -0.2) is 23.8 Å². The minimum atomic E-state index is -0.258. The zero-order valence-corrected chi connectivity index (χ0v) is 27.5. The van der Waals surface area contributed by atoms with E-state index in [4.69, 9.17) is 19.3 Å². The third kappa shape index (κ3) is 6.28. The van der Waals surface area contributed by atoms with Crippen LogP contribution in [0.2, 0.25) is 0 Å². The molecule has 0 aliphatic rings. The molecule has 8 aromatic rings. The van der Waals surface area contributed by atoms with E-state index in [1.807, 2.05) is 109 Å². The lowest BCUT2D eigenvalue weighted by molar-refractivity contribution is 0.593. The van der Waals surface area contributed by atoms with E-state index in [9.17, 15) is 0 Å². The minimum Gasteiger partial charge on any atom is -0.551 e. The van der Waals surface area contributed by atoms with Crippen LogP contribution in [0.4, 0.5) is 0 Å². The highest BCUT2D eigenvalue weighted by Gasteiger charge is 2.27. The highest BCUT2D eigenvalue weighted by molar-refractivity contribution is 7.29. The highest BCUT2D eigenvalue weighted by Crippen LogP contribution is 2.41. The van der Waals surface area contributed by atoms with Gasteiger partial charge in [-0.15, -0.1) is 0 Å². The molecule has 0 unspecified atom stereocenters. The Balaban J connectivity index is 1.11. The van der Waals surface area contributed by atoms with E-state index in [0.717, 1.165) is 64.2 Å². The third-order valence-electron chi connectivity index (χ3n) is 8.11. The standard InChI is InChI=1S/C40H28B2N2O2S2/c1-5-17-29(18-6-1)41(30-19-7-2-8-20-30)45-35-27-15-13-25-33(35)37-43-39-40(47-37)44-38(48-39)34-26-14-16-28-36(34)46-42(31-21-9-3-10-22-31)32-23-11-4-12-24-32/h1-28H. The normalized spacial score (nSPS) is 10.9. The Morgan fingerprint density at radius 2 is 0.646 bits per heavy atom. The summed E-state index contributed by atoms with van der Waals surface area (Å²) in [6.45, 7) is -0.516. The predicted octanol–water partition coefficient (Wildman–Crippen LogP) is 7.46. The molecule has 0 aliphatic carbocycles. The SMILES string of the molecule is c1ccc(B(Oc2ccccc2-c2nc3sc(-c4ccccc4OB(c4ccccc4)c4ccccc4)nc3s2)c2ccccc2)cc1. The Morgan fingerprint density at radius 1 is 0.354 bits per heavy atom. The highest BCUT2D eigenvalue weighted by atomic mass is 32.1. The van der Waals surface area contributed by atoms with Gasteiger partial charge in [-0.2, -0.15) is 0 Å². The Morgan fingerprint density at radius 3 is 0.979 bits per heavy atom. The maximum absolute atomic E-state index is 6.80. The predicted molar refractivity (Wildman–Crippen MR) is 203 cm³/mol. The number of hydrogen-bond acceptors (Lipinski definition) is 6. The Labute approximate surface area is 288 Å². The summed E-state index contributed by atoms with van der Waals surface area (Å²) in [6.07, 6.45) is 0. The quantitative estimate of drug-likeness (QED) is 0.144. The monoisotopic (exact) mass is 654 g/mol. The summed E-state index contributed by atoms with van der Waals surface area (Å²) in [7, 11) is 0. The van der Waals surface area contributed by atoms with Crippen LogP contribution in [0.25, 0.3) is 30.8 Å². The zero-order valence-electron chi connectivity index (χ0n) is 25.8. The van der Waals surface area contributed by atoms with Crippen molar-refractivity contribution in [1.29, 1.82) is 0 Å². The van der Waals surface area contributed by atoms with E-state index in [1.165, 1.54) is 0 Å². The van der Waals surface area contributed by atoms with Crippen LogP contribution in [0.3, 0.4) is 0 Å². The van der Waals surface area contributed by atoms with E-state index in [0.29, 0.717) is 0 Å². The van der Waals surface area contributed by atoms with Crippen LogP contribution in [0.5, 0.6) is 11.5 Å². The molecule has 8 rings (SSSR count). The first-order valence-electron chi connectivity index (χ1n) is 15.8. The fourth-order valence-corrected chi connectivity index (χ4v) is 7.89. The van der Waals surface area contributed by atoms with Crippen molar-refractivity contribution in [3.05, 3.63) is 170 Å². The van der Waals surface area contributed by atoms with Gasteiger partial charge >= 0.3 is 13.8 Å². The molecule has 0 radical (unpaired) electrons. The van der Waals surface area contributed by atoms with Gasteiger partial charge in [0.05, 0.1) is 11.1 Å². The average Bonchev–Trinajstić information content (AvgIpc) is 3.75. The van der Waals surface area contributed by atoms with E-state index in [1.54, 1.807) is 22.7 Å². The molecule has 0 bridgehead atoms. The molecule has 0 fully saturated rings. The fourth-order valence-electron chi connectivity index (χ4n) is 5.79. The Hall–Kier alpha value is -5.43. The second-order valence-electron chi connectivity index (χ2n) is 11.3. The number of hydrogen-bond donors (Lipinski definition) is 0. The first-order valence-corrected chi connectivity index (χ1v) is 17.4. The molecular weight excluding hydrogens is 626 g/mol. The molecule has 228 valence electrons. The van der Waals surface area contributed by atoms with Gasteiger partial charge in [-0.3, -0.25) is 0 Å². The maximum atomic E-state index is 6.80. The van der Waals surface area contributed by atoms with Crippen LogP contribution in [-0.2, 0) is 0 Å². The van der Waals surface area contributed by atoms with Crippen LogP contribution in [0.15, 0.2) is 170 Å². The molecule has 0 spiro atoms. The summed E-state index contributed by atoms with van der Waals surface area (Å²) in [4.78, 5) is 11.9. The molecule has 0 saturated carbocycles. The smallest absolute Gasteiger partial charge is 0.426 e. The number of fused-ring (bicyclic) bond motifs is 1. The molecule has 2 heterocycles. The topological polar surface area (TPSA) is 44.2 Å². The van der Waals surface area contributed by atoms with Gasteiger partial charge in [-0.05, 0) is 46.1 Å². The van der Waals surface area contributed by atoms with Gasteiger partial charge < -0.3 is 9.31 Å². The number of nitrogens with zero attached hydrogens (tertiary/aromatic N) is 2. The van der Waals surface area contributed by atoms with Crippen LogP contribution in [0, 0.1) is 0 Å². The molecule has 0 atom stereocenters. The van der Waals surface area contributed by atoms with Gasteiger partial charge in [0.25, 0.3) is 0 Å². The summed E-state index contributed by atoms with van der Waals surface area (Å²) in [5.74, 6) is 1.56. The lowest BCUT2D eigenvalue weighted by atomic mass is 9.55. The summed E-state index contributed by atoms with van der Waals surface area (Å²) in [5, 5.41) is 1.76. The van der Waals surface area contributed by atoms with Crippen molar-refractivity contribution in [2.24, 2.45) is 0 Å². The molecule has 0 amide bonds. The summed E-state index contributed by atoms with van der Waals surface area (Å²) in [6, 6.07) is 57.6. The summed E-state index contributed by atoms with van der Waals surface area (Å²) >= 11 is 3.16. The van der Waals surface area contributed by atoms with Crippen LogP contribution >= 0.6 is 22.7 Å². The zero-order chi connectivity index (χ0) is 32.1. The van der Waals surface area contributed by atoms with Crippen molar-refractivity contribution in [3.8, 4) is 32.6 Å². The van der Waals surface area contributed by atoms with E-state index >= 15 is 0 Å². The Bertz CT molecular complexity index is 2000. The van der Waals surface area contributed by atoms with Crippen molar-refractivity contribution in [1.82, 2.24) is 9.97 Å². The number of benzene rings is 6. The second-order valence-corrected chi connectivity index (χ2v) is 13.2. The van der Waals surface area contributed by atoms with Gasteiger partial charge in [-0.1, -0.05) is 168 Å². The van der Waals surface area contributed by atoms with E-state index in [-0.39, 0.29) is 13.8 Å². The molecule has 0 N–H and O–H groups in total. The maximum Gasteiger partial charge on any atom is 0.426 e. The lowest BCUT2D eigenvalue weighted by Crippen LogP contribution is -2.47. The molecule has 0 aliphatic heterocycles. The largest absolute Gasteiger partial charge is 0.551 e. The average molecular weight is 654 g/mol. The molecule has 0 saturated heterocycles. The van der Waals surface area contributed by atoms with Gasteiger partial charge in [-0.25, -0.2) is 9.97 Å². The molecule has 6 aromatic carbocycles. The van der Waals surface area contributed by atoms with Crippen molar-refractivity contribution in [3.63, 3.8) is 0 Å². The van der Waals surface area contributed by atoms with Crippen molar-refractivity contribution < 1.29 is 9.31 Å². The molecule has 2 aromatic heterocycles. The second kappa shape index (κ2) is 13.7. The fraction of sp³-hybridized carbons (Fsp3) is 0. The van der Waals surface area contributed by atoms with Gasteiger partial charge in [0.1, 0.15) is 21.5 Å². The van der Waals surface area contributed by atoms with Crippen molar-refractivity contribution in [2.75, 3.05) is 0 Å². The van der Waals surface area contributed by atoms with E-state index < -0.39 is 0 Å². The van der Waals surface area contributed by atoms with Crippen molar-refractivity contribution in [2.45, 2.75) is 0 Å². The van der Waals surface area contributed by atoms with Gasteiger partial charge in [0, 0.05) is 0 Å². The molecular formula is C40H28B2N2O2S2. The first kappa shape index (κ1) is 29.9. The van der Waals surface area contributed by atoms with Gasteiger partial charge in [0.15, 0.2) is 9.66 Å². The van der Waals surface area contributed by atoms with Crippen LogP contribution in [0.1, 0.15) is 0 Å². The third-order valence-corrected chi connectivity index (χ3v) is 10.2. The minimum absolute atomic E-state index is 0.258. The number of thiazole rings is 2. The van der Waals surface area contributed by atoms with Crippen LogP contribution < -0.4 is 31.2 Å². The lowest BCUT2D eigenvalue weighted by Gasteiger charge is -2.18. The number of rotatable bonds is 10. The molecule has 4 nitrogen and oxygen atoms in total. The number of para-hydroxylation sites is 2. The molecule has 48 heavy (non-hydrogen) atoms. The van der Waals surface area contributed by atoms with Crippen molar-refractivity contribution >= 4 is 68.0 Å². The number of aromatic nitrogens is 2. The molecule has 8 heteroatoms. The Kier molecular flexibility index (Phi) is 8.57. The summed E-state index contributed by atoms with van der Waals surface area (Å²) in [5.41, 5.74) is 6.26. The first-order chi connectivity index (χ1) is 23.8. The van der Waals surface area contributed by atoms with Gasteiger partial charge in [0.2, 0.25) is 0 Å². The summed E-state index contributed by atoms with van der Waals surface area (Å²) < 4.78 is 13.6. The van der Waals surface area contributed by atoms with E-state index in [2.05, 4.69) is 60.7 Å².